The molecular formula is C26H26Cl2N2O4S. The van der Waals surface area contributed by atoms with E-state index in [9.17, 15) is 14.4 Å². The van der Waals surface area contributed by atoms with E-state index in [0.717, 1.165) is 10.5 Å². The summed E-state index contributed by atoms with van der Waals surface area (Å²) in [5, 5.41) is 0.869. The van der Waals surface area contributed by atoms with Crippen LogP contribution in [0.25, 0.3) is 6.08 Å². The van der Waals surface area contributed by atoms with Crippen molar-refractivity contribution in [2.24, 2.45) is 10.9 Å². The van der Waals surface area contributed by atoms with Crippen LogP contribution in [-0.2, 0) is 25.5 Å². The Balaban J connectivity index is 1.60. The Bertz CT molecular complexity index is 1140. The number of likely N-dealkylation sites (tertiary alicyclic amines) is 1. The van der Waals surface area contributed by atoms with Crippen LogP contribution >= 0.6 is 35.0 Å². The molecule has 0 bridgehead atoms. The number of nitrogens with zero attached hydrogens (tertiary/aromatic N) is 2. The fourth-order valence-electron chi connectivity index (χ4n) is 3.74. The van der Waals surface area contributed by atoms with Gasteiger partial charge < -0.3 is 9.64 Å². The number of piperidine rings is 1. The number of ether oxygens (including phenoxy) is 1. The summed E-state index contributed by atoms with van der Waals surface area (Å²) in [5.41, 5.74) is 1.60. The third kappa shape index (κ3) is 7.19. The van der Waals surface area contributed by atoms with E-state index in [1.807, 2.05) is 48.7 Å². The molecule has 6 nitrogen and oxygen atoms in total. The molecule has 0 saturated carbocycles. The number of rotatable bonds is 7. The molecule has 1 aliphatic rings. The van der Waals surface area contributed by atoms with Crippen LogP contribution in [0.15, 0.2) is 58.4 Å². The van der Waals surface area contributed by atoms with Gasteiger partial charge in [-0.25, -0.2) is 9.79 Å². The van der Waals surface area contributed by atoms with Crippen LogP contribution in [0.5, 0.6) is 0 Å². The number of esters is 1. The Morgan fingerprint density at radius 3 is 2.40 bits per heavy atom. The van der Waals surface area contributed by atoms with Crippen molar-refractivity contribution >= 4 is 64.5 Å². The normalized spacial score (nSPS) is 14.9. The molecule has 2 aromatic carbocycles. The molecule has 35 heavy (non-hydrogen) atoms. The van der Waals surface area contributed by atoms with Gasteiger partial charge >= 0.3 is 5.97 Å². The van der Waals surface area contributed by atoms with Gasteiger partial charge in [-0.1, -0.05) is 59.6 Å². The molecule has 2 aromatic rings. The summed E-state index contributed by atoms with van der Waals surface area (Å²) in [6, 6.07) is 13.0. The molecule has 0 aromatic heterocycles. The summed E-state index contributed by atoms with van der Waals surface area (Å²) in [4.78, 5) is 44.3. The number of methoxy groups -OCH3 is 1. The number of carbonyl (C=O) groups is 3. The van der Waals surface area contributed by atoms with Crippen LogP contribution in [0.1, 0.15) is 24.0 Å². The highest BCUT2D eigenvalue weighted by Gasteiger charge is 2.27. The molecule has 0 radical (unpaired) electrons. The molecule has 0 spiro atoms. The van der Waals surface area contributed by atoms with Crippen molar-refractivity contribution in [3.8, 4) is 0 Å². The molecule has 9 heteroatoms. The minimum Gasteiger partial charge on any atom is -0.465 e. The lowest BCUT2D eigenvalue weighted by Gasteiger charge is -2.29. The zero-order valence-electron chi connectivity index (χ0n) is 19.5. The molecular weight excluding hydrogens is 507 g/mol. The minimum atomic E-state index is -0.621. The van der Waals surface area contributed by atoms with E-state index in [1.165, 1.54) is 24.9 Å². The summed E-state index contributed by atoms with van der Waals surface area (Å²) >= 11 is 14.1. The molecule has 0 N–H and O–H groups in total. The van der Waals surface area contributed by atoms with Gasteiger partial charge in [0, 0.05) is 36.4 Å². The third-order valence-corrected chi connectivity index (χ3v) is 7.53. The lowest BCUT2D eigenvalue weighted by Crippen LogP contribution is -2.39. The summed E-state index contributed by atoms with van der Waals surface area (Å²) in [6.45, 7) is 0.836. The Morgan fingerprint density at radius 1 is 1.09 bits per heavy atom. The number of amides is 2. The standard InChI is InChI=1S/C26H26Cl2N2O4S/c1-34-26(33)20(16-17-6-4-3-5-7-17)29-25(32)19-12-14-30(15-13-19)22(31)11-9-18-8-10-21(35-2)24(28)23(18)27/h3-11,19H,12-16H2,1-2H3/b11-9+,29-20?. The number of thioether (sulfide) groups is 1. The molecule has 0 atom stereocenters. The Kier molecular flexibility index (Phi) is 9.95. The number of hydrogen-bond donors (Lipinski definition) is 0. The van der Waals surface area contributed by atoms with Gasteiger partial charge in [0.2, 0.25) is 11.8 Å². The highest BCUT2D eigenvalue weighted by Crippen LogP contribution is 2.35. The minimum absolute atomic E-state index is 0.0770. The second-order valence-electron chi connectivity index (χ2n) is 7.97. The molecule has 1 fully saturated rings. The van der Waals surface area contributed by atoms with Crippen LogP contribution < -0.4 is 0 Å². The Hall–Kier alpha value is -2.61. The maximum absolute atomic E-state index is 12.8. The molecule has 3 rings (SSSR count). The smallest absolute Gasteiger partial charge is 0.352 e. The first kappa shape index (κ1) is 27.0. The van der Waals surface area contributed by atoms with Gasteiger partial charge in [0.05, 0.1) is 17.2 Å². The van der Waals surface area contributed by atoms with Gasteiger partial charge in [0.25, 0.3) is 0 Å². The lowest BCUT2D eigenvalue weighted by atomic mass is 9.95. The van der Waals surface area contributed by atoms with E-state index >= 15 is 0 Å². The van der Waals surface area contributed by atoms with Gasteiger partial charge in [-0.3, -0.25) is 9.59 Å². The Morgan fingerprint density at radius 2 is 1.77 bits per heavy atom. The summed E-state index contributed by atoms with van der Waals surface area (Å²) < 4.78 is 4.81. The fourth-order valence-corrected chi connectivity index (χ4v) is 4.91. The second kappa shape index (κ2) is 12.9. The van der Waals surface area contributed by atoms with Crippen LogP contribution in [0.3, 0.4) is 0 Å². The zero-order chi connectivity index (χ0) is 25.4. The maximum Gasteiger partial charge on any atom is 0.352 e. The second-order valence-corrected chi connectivity index (χ2v) is 9.57. The van der Waals surface area contributed by atoms with Gasteiger partial charge in [-0.15, -0.1) is 11.8 Å². The molecule has 0 aliphatic carbocycles. The molecule has 184 valence electrons. The third-order valence-electron chi connectivity index (χ3n) is 5.74. The molecule has 1 aliphatic heterocycles. The van der Waals surface area contributed by atoms with Gasteiger partial charge in [0.1, 0.15) is 5.71 Å². The largest absolute Gasteiger partial charge is 0.465 e. The van der Waals surface area contributed by atoms with Crippen molar-refractivity contribution in [3.05, 3.63) is 69.7 Å². The van der Waals surface area contributed by atoms with E-state index in [1.54, 1.807) is 11.0 Å². The van der Waals surface area contributed by atoms with E-state index in [0.29, 0.717) is 41.5 Å². The van der Waals surface area contributed by atoms with E-state index in [-0.39, 0.29) is 29.9 Å². The summed E-state index contributed by atoms with van der Waals surface area (Å²) in [6.07, 6.45) is 6.18. The molecule has 2 amide bonds. The monoisotopic (exact) mass is 532 g/mol. The van der Waals surface area contributed by atoms with Crippen molar-refractivity contribution in [2.45, 2.75) is 24.2 Å². The number of carbonyl (C=O) groups excluding carboxylic acids is 3. The molecule has 1 heterocycles. The number of halogens is 2. The van der Waals surface area contributed by atoms with Gasteiger partial charge in [-0.2, -0.15) is 0 Å². The molecule has 0 unspecified atom stereocenters. The van der Waals surface area contributed by atoms with Crippen LogP contribution in [0, 0.1) is 5.92 Å². The first-order valence-electron chi connectivity index (χ1n) is 11.1. The van der Waals surface area contributed by atoms with Gasteiger partial charge in [0.15, 0.2) is 0 Å². The van der Waals surface area contributed by atoms with Gasteiger partial charge in [-0.05, 0) is 42.4 Å². The van der Waals surface area contributed by atoms with E-state index < -0.39 is 5.97 Å². The number of hydrogen-bond acceptors (Lipinski definition) is 5. The first-order valence-corrected chi connectivity index (χ1v) is 13.0. The van der Waals surface area contributed by atoms with E-state index in [2.05, 4.69) is 4.99 Å². The van der Waals surface area contributed by atoms with Crippen molar-refractivity contribution in [1.29, 1.82) is 0 Å². The number of aliphatic imine (C=N–C) groups is 1. The van der Waals surface area contributed by atoms with Crippen LogP contribution in [0.2, 0.25) is 10.0 Å². The highest BCUT2D eigenvalue weighted by atomic mass is 35.5. The summed E-state index contributed by atoms with van der Waals surface area (Å²) in [5.74, 6) is -1.51. The predicted molar refractivity (Wildman–Crippen MR) is 141 cm³/mol. The zero-order valence-corrected chi connectivity index (χ0v) is 21.8. The number of benzene rings is 2. The maximum atomic E-state index is 12.8. The fraction of sp³-hybridized carbons (Fsp3) is 0.308. The highest BCUT2D eigenvalue weighted by molar-refractivity contribution is 7.98. The SMILES string of the molecule is COC(=O)C(Cc1ccccc1)=NC(=O)C1CCN(C(=O)/C=C/c2ccc(SC)c(Cl)c2Cl)CC1. The van der Waals surface area contributed by atoms with Crippen molar-refractivity contribution in [1.82, 2.24) is 4.90 Å². The van der Waals surface area contributed by atoms with Crippen molar-refractivity contribution in [2.75, 3.05) is 26.5 Å². The first-order chi connectivity index (χ1) is 16.8. The van der Waals surface area contributed by atoms with Crippen LogP contribution in [0.4, 0.5) is 0 Å². The lowest BCUT2D eigenvalue weighted by molar-refractivity contribution is -0.133. The molecule has 1 saturated heterocycles. The Labute approximate surface area is 219 Å². The average molecular weight is 533 g/mol. The van der Waals surface area contributed by atoms with Crippen molar-refractivity contribution < 1.29 is 19.1 Å². The topological polar surface area (TPSA) is 76.0 Å². The predicted octanol–water partition coefficient (Wildman–Crippen LogP) is 5.35. The average Bonchev–Trinajstić information content (AvgIpc) is 2.89. The quantitative estimate of drug-likeness (QED) is 0.208. The van der Waals surface area contributed by atoms with Crippen molar-refractivity contribution in [3.63, 3.8) is 0 Å². The van der Waals surface area contributed by atoms with Crippen LogP contribution in [-0.4, -0.2) is 54.9 Å². The van der Waals surface area contributed by atoms with E-state index in [4.69, 9.17) is 27.9 Å². The summed E-state index contributed by atoms with van der Waals surface area (Å²) in [7, 11) is 1.27.